The fraction of sp³-hybridized carbons (Fsp3) is 0.667. The summed E-state index contributed by atoms with van der Waals surface area (Å²) in [6.07, 6.45) is 0. The zero-order valence-electron chi connectivity index (χ0n) is 11.8. The predicted octanol–water partition coefficient (Wildman–Crippen LogP) is 0.692. The number of rotatable bonds is 6. The van der Waals surface area contributed by atoms with Crippen LogP contribution in [0.2, 0.25) is 0 Å². The minimum absolute atomic E-state index is 0.377. The molecule has 0 aromatic carbocycles. The first-order chi connectivity index (χ1) is 9.53. The Morgan fingerprint density at radius 2 is 2.10 bits per heavy atom. The lowest BCUT2D eigenvalue weighted by molar-refractivity contribution is 0.0272. The van der Waals surface area contributed by atoms with Crippen LogP contribution >= 0.6 is 11.3 Å². The highest BCUT2D eigenvalue weighted by Gasteiger charge is 2.23. The second-order valence-corrected chi connectivity index (χ2v) is 7.58. The Bertz CT molecular complexity index is 536. The molecular weight excluding hydrogens is 298 g/mol. The van der Waals surface area contributed by atoms with Gasteiger partial charge in [-0.1, -0.05) is 6.92 Å². The highest BCUT2D eigenvalue weighted by atomic mass is 32.2. The molecule has 0 aliphatic carbocycles. The zero-order chi connectivity index (χ0) is 14.6. The summed E-state index contributed by atoms with van der Waals surface area (Å²) in [6.45, 7) is 7.69. The summed E-state index contributed by atoms with van der Waals surface area (Å²) in [5, 5.41) is 4.90. The Kier molecular flexibility index (Phi) is 5.53. The van der Waals surface area contributed by atoms with Crippen LogP contribution in [0.5, 0.6) is 0 Å². The number of nitrogens with zero attached hydrogens (tertiary/aromatic N) is 1. The first-order valence-corrected chi connectivity index (χ1v) is 8.98. The van der Waals surface area contributed by atoms with Gasteiger partial charge in [-0.3, -0.25) is 0 Å². The normalized spacial score (nSPS) is 17.5. The predicted molar refractivity (Wildman–Crippen MR) is 79.2 cm³/mol. The van der Waals surface area contributed by atoms with Crippen molar-refractivity contribution < 1.29 is 13.2 Å². The first kappa shape index (κ1) is 15.9. The maximum Gasteiger partial charge on any atom is 0.254 e. The largest absolute Gasteiger partial charge is 0.379 e. The minimum atomic E-state index is -3.49. The third-order valence-corrected chi connectivity index (χ3v) is 5.70. The number of hydrazine groups is 1. The van der Waals surface area contributed by atoms with Crippen molar-refractivity contribution in [3.05, 3.63) is 15.8 Å². The third kappa shape index (κ3) is 4.00. The van der Waals surface area contributed by atoms with E-state index in [1.54, 1.807) is 11.1 Å². The van der Waals surface area contributed by atoms with Gasteiger partial charge in [-0.25, -0.2) is 13.4 Å². The molecule has 0 amide bonds. The third-order valence-electron chi connectivity index (χ3n) is 3.02. The van der Waals surface area contributed by atoms with E-state index in [-0.39, 0.29) is 0 Å². The van der Waals surface area contributed by atoms with Gasteiger partial charge < -0.3 is 10.1 Å². The summed E-state index contributed by atoms with van der Waals surface area (Å²) in [7, 11) is -3.49. The molecule has 20 heavy (non-hydrogen) atoms. The molecule has 2 rings (SSSR count). The average Bonchev–Trinajstić information content (AvgIpc) is 2.79. The molecule has 0 atom stereocenters. The van der Waals surface area contributed by atoms with E-state index >= 15 is 0 Å². The highest BCUT2D eigenvalue weighted by Crippen LogP contribution is 2.25. The summed E-state index contributed by atoms with van der Waals surface area (Å²) >= 11 is 1.52. The lowest BCUT2D eigenvalue weighted by atomic mass is 10.4. The van der Waals surface area contributed by atoms with Crippen molar-refractivity contribution in [2.24, 2.45) is 0 Å². The summed E-state index contributed by atoms with van der Waals surface area (Å²) in [4.78, 5) is 4.86. The Labute approximate surface area is 124 Å². The second kappa shape index (κ2) is 6.97. The smallest absolute Gasteiger partial charge is 0.254 e. The van der Waals surface area contributed by atoms with E-state index in [1.807, 2.05) is 13.8 Å². The van der Waals surface area contributed by atoms with Crippen LogP contribution in [-0.4, -0.2) is 46.3 Å². The van der Waals surface area contributed by atoms with Gasteiger partial charge in [0.25, 0.3) is 10.0 Å². The summed E-state index contributed by atoms with van der Waals surface area (Å²) in [5.41, 5.74) is 0. The van der Waals surface area contributed by atoms with Crippen molar-refractivity contribution in [3.63, 3.8) is 0 Å². The lowest BCUT2D eigenvalue weighted by Gasteiger charge is -2.26. The molecule has 0 bridgehead atoms. The highest BCUT2D eigenvalue weighted by molar-refractivity contribution is 7.89. The van der Waals surface area contributed by atoms with Crippen LogP contribution in [0, 0.1) is 6.92 Å². The van der Waals surface area contributed by atoms with E-state index in [0.29, 0.717) is 37.7 Å². The molecule has 1 saturated heterocycles. The van der Waals surface area contributed by atoms with Gasteiger partial charge in [0.1, 0.15) is 0 Å². The van der Waals surface area contributed by atoms with E-state index < -0.39 is 10.0 Å². The van der Waals surface area contributed by atoms with Crippen LogP contribution in [0.4, 0.5) is 0 Å². The van der Waals surface area contributed by atoms with Gasteiger partial charge in [0.05, 0.1) is 18.1 Å². The second-order valence-electron chi connectivity index (χ2n) is 4.61. The van der Waals surface area contributed by atoms with Gasteiger partial charge in [-0.05, 0) is 19.5 Å². The molecule has 1 aliphatic heterocycles. The number of nitrogens with one attached hydrogen (secondary N) is 2. The molecular formula is C12H21N3O3S2. The number of hydrogen-bond acceptors (Lipinski definition) is 6. The molecule has 0 radical (unpaired) electrons. The van der Waals surface area contributed by atoms with Gasteiger partial charge >= 0.3 is 0 Å². The van der Waals surface area contributed by atoms with Crippen molar-refractivity contribution in [1.29, 1.82) is 0 Å². The SMILES string of the molecule is CCNCc1cc(S(=O)(=O)NN2CCOCC2)c(C)s1. The summed E-state index contributed by atoms with van der Waals surface area (Å²) in [5.74, 6) is 0. The van der Waals surface area contributed by atoms with Crippen molar-refractivity contribution >= 4 is 21.4 Å². The van der Waals surface area contributed by atoms with Crippen LogP contribution in [0.25, 0.3) is 0 Å². The van der Waals surface area contributed by atoms with E-state index in [1.165, 1.54) is 11.3 Å². The Hall–Kier alpha value is -0.510. The molecule has 2 heterocycles. The maximum absolute atomic E-state index is 12.4. The lowest BCUT2D eigenvalue weighted by Crippen LogP contribution is -2.48. The first-order valence-electron chi connectivity index (χ1n) is 6.68. The molecule has 0 saturated carbocycles. The quantitative estimate of drug-likeness (QED) is 0.807. The summed E-state index contributed by atoms with van der Waals surface area (Å²) < 4.78 is 30.0. The Morgan fingerprint density at radius 1 is 1.40 bits per heavy atom. The van der Waals surface area contributed by atoms with Crippen LogP contribution in [0.1, 0.15) is 16.7 Å². The zero-order valence-corrected chi connectivity index (χ0v) is 13.4. The number of aryl methyl sites for hydroxylation is 1. The molecule has 6 nitrogen and oxygen atoms in total. The van der Waals surface area contributed by atoms with Crippen molar-refractivity contribution in [2.75, 3.05) is 32.8 Å². The Morgan fingerprint density at radius 3 is 2.75 bits per heavy atom. The number of sulfonamides is 1. The topological polar surface area (TPSA) is 70.7 Å². The van der Waals surface area contributed by atoms with E-state index in [9.17, 15) is 8.42 Å². The molecule has 1 aromatic heterocycles. The Balaban J connectivity index is 2.09. The molecule has 1 fully saturated rings. The average molecular weight is 319 g/mol. The van der Waals surface area contributed by atoms with Gasteiger partial charge in [0, 0.05) is 29.4 Å². The molecule has 1 aromatic rings. The monoisotopic (exact) mass is 319 g/mol. The number of ether oxygens (including phenoxy) is 1. The molecule has 1 aliphatic rings. The fourth-order valence-corrected chi connectivity index (χ4v) is 4.73. The molecule has 0 unspecified atom stereocenters. The molecule has 8 heteroatoms. The standard InChI is InChI=1S/C12H21N3O3S2/c1-3-13-9-11-8-12(10(2)19-11)20(16,17)14-15-4-6-18-7-5-15/h8,13-14H,3-7,9H2,1-2H3. The van der Waals surface area contributed by atoms with Gasteiger partial charge in [-0.2, -0.15) is 0 Å². The molecule has 0 spiro atoms. The van der Waals surface area contributed by atoms with Gasteiger partial charge in [0.2, 0.25) is 0 Å². The van der Waals surface area contributed by atoms with Crippen molar-refractivity contribution in [3.8, 4) is 0 Å². The van der Waals surface area contributed by atoms with Crippen LogP contribution in [0.3, 0.4) is 0 Å². The maximum atomic E-state index is 12.4. The van der Waals surface area contributed by atoms with E-state index in [2.05, 4.69) is 10.1 Å². The number of hydrogen-bond donors (Lipinski definition) is 2. The van der Waals surface area contributed by atoms with E-state index in [4.69, 9.17) is 4.74 Å². The van der Waals surface area contributed by atoms with Crippen LogP contribution in [0.15, 0.2) is 11.0 Å². The van der Waals surface area contributed by atoms with Gasteiger partial charge in [0.15, 0.2) is 0 Å². The minimum Gasteiger partial charge on any atom is -0.379 e. The van der Waals surface area contributed by atoms with E-state index in [0.717, 1.165) is 16.3 Å². The summed E-state index contributed by atoms with van der Waals surface area (Å²) in [6, 6.07) is 1.76. The molecule has 114 valence electrons. The van der Waals surface area contributed by atoms with Gasteiger partial charge in [-0.15, -0.1) is 16.2 Å². The number of morpholine rings is 1. The van der Waals surface area contributed by atoms with Crippen molar-refractivity contribution in [2.45, 2.75) is 25.3 Å². The van der Waals surface area contributed by atoms with Crippen LogP contribution < -0.4 is 10.1 Å². The van der Waals surface area contributed by atoms with Crippen molar-refractivity contribution in [1.82, 2.24) is 15.2 Å². The number of thiophene rings is 1. The van der Waals surface area contributed by atoms with Crippen LogP contribution in [-0.2, 0) is 21.3 Å². The fourth-order valence-electron chi connectivity index (χ4n) is 2.00. The molecule has 2 N–H and O–H groups in total.